The van der Waals surface area contributed by atoms with E-state index in [1.165, 1.54) is 48.1 Å². The average molecular weight is 568 g/mol. The van der Waals surface area contributed by atoms with Crippen LogP contribution in [-0.4, -0.2) is 14.0 Å². The van der Waals surface area contributed by atoms with Gasteiger partial charge in [0.2, 0.25) is 0 Å². The van der Waals surface area contributed by atoms with E-state index in [9.17, 15) is 0 Å². The fourth-order valence-electron chi connectivity index (χ4n) is 6.46. The summed E-state index contributed by atoms with van der Waals surface area (Å²) in [6.45, 7) is 0. The molecule has 0 aliphatic carbocycles. The molecule has 3 heterocycles. The van der Waals surface area contributed by atoms with Crippen LogP contribution in [0.2, 0.25) is 0 Å². The molecule has 0 bridgehead atoms. The Morgan fingerprint density at radius 2 is 1.16 bits per heavy atom. The first-order valence-corrected chi connectivity index (χ1v) is 15.3. The summed E-state index contributed by atoms with van der Waals surface area (Å²) in [7, 11) is 0. The summed E-state index contributed by atoms with van der Waals surface area (Å²) in [5, 5.41) is 3.59. The molecule has 202 valence electrons. The normalized spacial score (nSPS) is 11.8. The van der Waals surface area contributed by atoms with Crippen molar-refractivity contribution in [2.75, 3.05) is 0 Å². The molecule has 0 saturated heterocycles. The molecule has 0 fully saturated rings. The number of hydrogen-bond acceptors (Lipinski definition) is 2. The summed E-state index contributed by atoms with van der Waals surface area (Å²) in [5.41, 5.74) is 10.2. The third-order valence-electron chi connectivity index (χ3n) is 8.33. The van der Waals surface area contributed by atoms with E-state index in [0.717, 1.165) is 27.9 Å². The van der Waals surface area contributed by atoms with Gasteiger partial charge in [-0.1, -0.05) is 103 Å². The number of para-hydroxylation sites is 4. The number of nitrogens with zero attached hydrogens (tertiary/aromatic N) is 3. The number of fused-ring (bicyclic) bond motifs is 10. The van der Waals surface area contributed by atoms with Crippen molar-refractivity contribution in [2.24, 2.45) is 0 Å². The van der Waals surface area contributed by atoms with Crippen LogP contribution in [0.3, 0.4) is 0 Å². The second-order valence-corrected chi connectivity index (χ2v) is 12.0. The van der Waals surface area contributed by atoms with E-state index in [4.69, 9.17) is 4.98 Å². The van der Waals surface area contributed by atoms with Crippen LogP contribution in [0.5, 0.6) is 0 Å². The van der Waals surface area contributed by atoms with Gasteiger partial charge in [-0.2, -0.15) is 0 Å². The second-order valence-electron chi connectivity index (χ2n) is 10.8. The van der Waals surface area contributed by atoms with Crippen LogP contribution < -0.4 is 0 Å². The molecule has 0 amide bonds. The number of imidazole rings is 1. The van der Waals surface area contributed by atoms with Gasteiger partial charge in [-0.25, -0.2) is 4.98 Å². The number of benzene rings is 6. The minimum absolute atomic E-state index is 0.993. The zero-order chi connectivity index (χ0) is 28.3. The summed E-state index contributed by atoms with van der Waals surface area (Å²) < 4.78 is 4.75. The number of hydrogen-bond donors (Lipinski definition) is 0. The monoisotopic (exact) mass is 567 g/mol. The SMILES string of the molecule is c1ccc(Sc2ccc(-c3cccc(-n4c5ccccc5c5c4c4ccccc4n4c6ccccc6nc54)c3)cc2)cc1. The smallest absolute Gasteiger partial charge is 0.148 e. The van der Waals surface area contributed by atoms with Gasteiger partial charge in [0, 0.05) is 26.3 Å². The Bertz CT molecular complexity index is 2470. The van der Waals surface area contributed by atoms with Crippen LogP contribution in [0.25, 0.3) is 66.2 Å². The van der Waals surface area contributed by atoms with Crippen LogP contribution in [0.15, 0.2) is 161 Å². The van der Waals surface area contributed by atoms with Gasteiger partial charge in [0.25, 0.3) is 0 Å². The van der Waals surface area contributed by atoms with Crippen LogP contribution in [-0.2, 0) is 0 Å². The highest BCUT2D eigenvalue weighted by molar-refractivity contribution is 7.99. The molecule has 0 aliphatic rings. The van der Waals surface area contributed by atoms with Crippen molar-refractivity contribution in [3.8, 4) is 16.8 Å². The van der Waals surface area contributed by atoms with Crippen LogP contribution >= 0.6 is 11.8 Å². The molecule has 3 aromatic heterocycles. The minimum atomic E-state index is 0.993. The molecule has 0 aliphatic heterocycles. The van der Waals surface area contributed by atoms with E-state index < -0.39 is 0 Å². The van der Waals surface area contributed by atoms with Crippen molar-refractivity contribution >= 4 is 61.2 Å². The number of rotatable bonds is 4. The molecule has 0 unspecified atom stereocenters. The summed E-state index contributed by atoms with van der Waals surface area (Å²) in [6, 6.07) is 54.2. The molecule has 0 atom stereocenters. The molecule has 43 heavy (non-hydrogen) atoms. The van der Waals surface area contributed by atoms with E-state index >= 15 is 0 Å². The highest BCUT2D eigenvalue weighted by Crippen LogP contribution is 2.41. The average Bonchev–Trinajstić information content (AvgIpc) is 3.63. The molecule has 3 nitrogen and oxygen atoms in total. The van der Waals surface area contributed by atoms with Crippen molar-refractivity contribution in [3.63, 3.8) is 0 Å². The summed E-state index contributed by atoms with van der Waals surface area (Å²) in [5.74, 6) is 0. The second kappa shape index (κ2) is 9.62. The number of aromatic nitrogens is 3. The topological polar surface area (TPSA) is 22.2 Å². The molecule has 0 saturated carbocycles. The molecular weight excluding hydrogens is 543 g/mol. The van der Waals surface area contributed by atoms with Gasteiger partial charge in [-0.05, 0) is 71.8 Å². The summed E-state index contributed by atoms with van der Waals surface area (Å²) in [6.07, 6.45) is 0. The van der Waals surface area contributed by atoms with Crippen LogP contribution in [0, 0.1) is 0 Å². The van der Waals surface area contributed by atoms with Gasteiger partial charge in [-0.3, -0.25) is 4.40 Å². The Hall–Kier alpha value is -5.32. The third-order valence-corrected chi connectivity index (χ3v) is 9.35. The first-order valence-electron chi connectivity index (χ1n) is 14.5. The van der Waals surface area contributed by atoms with Crippen molar-refractivity contribution in [3.05, 3.63) is 152 Å². The van der Waals surface area contributed by atoms with E-state index in [-0.39, 0.29) is 0 Å². The molecule has 4 heteroatoms. The number of pyridine rings is 1. The molecule has 9 aromatic rings. The lowest BCUT2D eigenvalue weighted by Gasteiger charge is -2.13. The van der Waals surface area contributed by atoms with Gasteiger partial charge in [0.05, 0.1) is 33.0 Å². The van der Waals surface area contributed by atoms with Crippen LogP contribution in [0.1, 0.15) is 0 Å². The lowest BCUT2D eigenvalue weighted by molar-refractivity contribution is 1.18. The zero-order valence-electron chi connectivity index (χ0n) is 23.2. The maximum Gasteiger partial charge on any atom is 0.148 e. The molecule has 0 spiro atoms. The van der Waals surface area contributed by atoms with Crippen molar-refractivity contribution < 1.29 is 0 Å². The Kier molecular flexibility index (Phi) is 5.43. The maximum absolute atomic E-state index is 5.20. The highest BCUT2D eigenvalue weighted by Gasteiger charge is 2.21. The zero-order valence-corrected chi connectivity index (χ0v) is 24.0. The van der Waals surface area contributed by atoms with Crippen molar-refractivity contribution in [2.45, 2.75) is 9.79 Å². The van der Waals surface area contributed by atoms with E-state index in [2.05, 4.69) is 161 Å². The first kappa shape index (κ1) is 24.3. The quantitative estimate of drug-likeness (QED) is 0.211. The fourth-order valence-corrected chi connectivity index (χ4v) is 7.30. The third kappa shape index (κ3) is 3.80. The predicted octanol–water partition coefficient (Wildman–Crippen LogP) is 10.6. The Morgan fingerprint density at radius 1 is 0.488 bits per heavy atom. The Labute approximate surface area is 252 Å². The largest absolute Gasteiger partial charge is 0.308 e. The van der Waals surface area contributed by atoms with Gasteiger partial charge in [-0.15, -0.1) is 0 Å². The molecule has 9 rings (SSSR count). The van der Waals surface area contributed by atoms with Crippen molar-refractivity contribution in [1.29, 1.82) is 0 Å². The van der Waals surface area contributed by atoms with Crippen LogP contribution in [0.4, 0.5) is 0 Å². The minimum Gasteiger partial charge on any atom is -0.308 e. The van der Waals surface area contributed by atoms with Gasteiger partial charge >= 0.3 is 0 Å². The Balaban J connectivity index is 1.28. The molecule has 0 N–H and O–H groups in total. The van der Waals surface area contributed by atoms with E-state index in [1.54, 1.807) is 11.8 Å². The first-order chi connectivity index (χ1) is 21.3. The summed E-state index contributed by atoms with van der Waals surface area (Å²) in [4.78, 5) is 7.68. The lowest BCUT2D eigenvalue weighted by atomic mass is 10.0. The Morgan fingerprint density at radius 3 is 2.00 bits per heavy atom. The van der Waals surface area contributed by atoms with Crippen molar-refractivity contribution in [1.82, 2.24) is 14.0 Å². The maximum atomic E-state index is 5.20. The van der Waals surface area contributed by atoms with Gasteiger partial charge in [0.15, 0.2) is 0 Å². The standard InChI is InChI=1S/C39H25N3S/c1-2-13-29(14-3-1)43-30-23-21-26(22-24-30)27-11-10-12-28(25-27)41-34-18-7-4-15-31(34)37-38(41)32-16-5-8-19-35(32)42-36-20-9-6-17-33(36)40-39(37)42/h1-25H. The highest BCUT2D eigenvalue weighted by atomic mass is 32.2. The van der Waals surface area contributed by atoms with Gasteiger partial charge in [0.1, 0.15) is 5.65 Å². The van der Waals surface area contributed by atoms with E-state index in [0.29, 0.717) is 0 Å². The van der Waals surface area contributed by atoms with Gasteiger partial charge < -0.3 is 4.57 Å². The molecule has 6 aromatic carbocycles. The molecular formula is C39H25N3S. The molecule has 0 radical (unpaired) electrons. The summed E-state index contributed by atoms with van der Waals surface area (Å²) >= 11 is 1.79. The predicted molar refractivity (Wildman–Crippen MR) is 181 cm³/mol. The fraction of sp³-hybridized carbons (Fsp3) is 0. The lowest BCUT2D eigenvalue weighted by Crippen LogP contribution is -1.97. The van der Waals surface area contributed by atoms with E-state index in [1.807, 2.05) is 0 Å².